The molecule has 1 atom stereocenters. The van der Waals surface area contributed by atoms with Gasteiger partial charge in [-0.1, -0.05) is 0 Å². The number of amides is 1. The summed E-state index contributed by atoms with van der Waals surface area (Å²) < 4.78 is 6.39. The fourth-order valence-electron chi connectivity index (χ4n) is 1.63. The van der Waals surface area contributed by atoms with Crippen LogP contribution in [0, 0.1) is 3.57 Å². The molecule has 0 saturated carbocycles. The second kappa shape index (κ2) is 4.58. The minimum Gasteiger partial charge on any atom is -0.488 e. The molecule has 16 heavy (non-hydrogen) atoms. The van der Waals surface area contributed by atoms with Crippen molar-refractivity contribution in [2.45, 2.75) is 19.6 Å². The molecule has 2 rings (SSSR count). The van der Waals surface area contributed by atoms with Crippen LogP contribution < -0.4 is 10.1 Å². The molecule has 0 spiro atoms. The lowest BCUT2D eigenvalue weighted by molar-refractivity contribution is 0.0965. The van der Waals surface area contributed by atoms with E-state index in [4.69, 9.17) is 9.84 Å². The Morgan fingerprint density at radius 3 is 3.06 bits per heavy atom. The number of halogens is 1. The van der Waals surface area contributed by atoms with Crippen molar-refractivity contribution in [2.75, 3.05) is 6.61 Å². The van der Waals surface area contributed by atoms with Gasteiger partial charge < -0.3 is 15.2 Å². The Hall–Kier alpha value is -0.820. The summed E-state index contributed by atoms with van der Waals surface area (Å²) >= 11 is 2.12. The third-order valence-corrected chi connectivity index (χ3v) is 3.26. The number of aliphatic hydroxyl groups is 1. The number of fused-ring (bicyclic) bond motifs is 1. The van der Waals surface area contributed by atoms with Crippen LogP contribution in [0.1, 0.15) is 22.8 Å². The predicted octanol–water partition coefficient (Wildman–Crippen LogP) is 1.29. The summed E-state index contributed by atoms with van der Waals surface area (Å²) in [6.45, 7) is 2.32. The van der Waals surface area contributed by atoms with Crippen LogP contribution in [-0.2, 0) is 6.54 Å². The van der Waals surface area contributed by atoms with Crippen molar-refractivity contribution in [3.63, 3.8) is 0 Å². The summed E-state index contributed by atoms with van der Waals surface area (Å²) in [6, 6.07) is 3.66. The second-order valence-electron chi connectivity index (χ2n) is 3.73. The molecule has 1 aromatic rings. The topological polar surface area (TPSA) is 58.6 Å². The molecule has 1 heterocycles. The van der Waals surface area contributed by atoms with Crippen molar-refractivity contribution in [3.8, 4) is 5.75 Å². The fourth-order valence-corrected chi connectivity index (χ4v) is 2.53. The largest absolute Gasteiger partial charge is 0.488 e. The van der Waals surface area contributed by atoms with Crippen molar-refractivity contribution in [1.82, 2.24) is 5.32 Å². The summed E-state index contributed by atoms with van der Waals surface area (Å²) in [6.07, 6.45) is -0.237. The molecule has 1 amide bonds. The van der Waals surface area contributed by atoms with Crippen LogP contribution in [-0.4, -0.2) is 23.7 Å². The van der Waals surface area contributed by atoms with E-state index in [1.807, 2.05) is 12.1 Å². The maximum Gasteiger partial charge on any atom is 0.252 e. The van der Waals surface area contributed by atoms with E-state index in [1.54, 1.807) is 6.92 Å². The molecule has 0 radical (unpaired) electrons. The highest BCUT2D eigenvalue weighted by Crippen LogP contribution is 2.27. The first-order chi connectivity index (χ1) is 7.61. The summed E-state index contributed by atoms with van der Waals surface area (Å²) in [4.78, 5) is 11.5. The van der Waals surface area contributed by atoms with Gasteiger partial charge in [0.25, 0.3) is 5.91 Å². The van der Waals surface area contributed by atoms with Crippen molar-refractivity contribution in [3.05, 3.63) is 26.8 Å². The molecule has 1 aliphatic heterocycles. The SMILES string of the molecule is CC(CO)Oc1cc(I)c2c(c1)CNC2=O. The van der Waals surface area contributed by atoms with E-state index in [1.165, 1.54) is 0 Å². The number of hydrogen-bond acceptors (Lipinski definition) is 3. The fraction of sp³-hybridized carbons (Fsp3) is 0.364. The van der Waals surface area contributed by atoms with Gasteiger partial charge in [0.15, 0.2) is 0 Å². The van der Waals surface area contributed by atoms with Gasteiger partial charge in [0.1, 0.15) is 11.9 Å². The quantitative estimate of drug-likeness (QED) is 0.820. The number of ether oxygens (including phenoxy) is 1. The monoisotopic (exact) mass is 333 g/mol. The third-order valence-electron chi connectivity index (χ3n) is 2.41. The molecule has 0 aliphatic carbocycles. The van der Waals surface area contributed by atoms with Crippen molar-refractivity contribution < 1.29 is 14.6 Å². The zero-order chi connectivity index (χ0) is 11.7. The third kappa shape index (κ3) is 2.15. The maximum absolute atomic E-state index is 11.5. The van der Waals surface area contributed by atoms with Crippen LogP contribution in [0.5, 0.6) is 5.75 Å². The lowest BCUT2D eigenvalue weighted by Crippen LogP contribution is -2.16. The molecule has 1 aliphatic rings. The van der Waals surface area contributed by atoms with Gasteiger partial charge in [-0.15, -0.1) is 0 Å². The van der Waals surface area contributed by atoms with Gasteiger partial charge in [0.2, 0.25) is 0 Å². The number of carbonyl (C=O) groups excluding carboxylic acids is 1. The number of aliphatic hydroxyl groups excluding tert-OH is 1. The summed E-state index contributed by atoms with van der Waals surface area (Å²) in [5.74, 6) is 0.669. The number of nitrogens with one attached hydrogen (secondary N) is 1. The molecule has 1 unspecified atom stereocenters. The van der Waals surface area contributed by atoms with Crippen LogP contribution in [0.15, 0.2) is 12.1 Å². The summed E-state index contributed by atoms with van der Waals surface area (Å²) in [5, 5.41) is 11.7. The Balaban J connectivity index is 2.31. The highest BCUT2D eigenvalue weighted by Gasteiger charge is 2.23. The van der Waals surface area contributed by atoms with Gasteiger partial charge in [-0.3, -0.25) is 4.79 Å². The summed E-state index contributed by atoms with van der Waals surface area (Å²) in [7, 11) is 0. The van der Waals surface area contributed by atoms with Gasteiger partial charge in [-0.05, 0) is 47.2 Å². The Morgan fingerprint density at radius 2 is 2.38 bits per heavy atom. The van der Waals surface area contributed by atoms with Gasteiger partial charge in [-0.2, -0.15) is 0 Å². The van der Waals surface area contributed by atoms with E-state index in [0.717, 1.165) is 14.7 Å². The highest BCUT2D eigenvalue weighted by molar-refractivity contribution is 14.1. The molecule has 1 aromatic carbocycles. The molecular formula is C11H12INO3. The van der Waals surface area contributed by atoms with E-state index in [9.17, 15) is 4.79 Å². The summed E-state index contributed by atoms with van der Waals surface area (Å²) in [5.41, 5.74) is 1.70. The van der Waals surface area contributed by atoms with E-state index in [-0.39, 0.29) is 18.6 Å². The standard InChI is InChI=1S/C11H12INO3/c1-6(5-14)16-8-2-7-4-13-11(15)10(7)9(12)3-8/h2-3,6,14H,4-5H2,1H3,(H,13,15). The minimum absolute atomic E-state index is 0.0230. The lowest BCUT2D eigenvalue weighted by atomic mass is 10.1. The van der Waals surface area contributed by atoms with Gasteiger partial charge in [-0.25, -0.2) is 0 Å². The Bertz CT molecular complexity index is 433. The van der Waals surface area contributed by atoms with E-state index in [2.05, 4.69) is 27.9 Å². The van der Waals surface area contributed by atoms with Crippen molar-refractivity contribution >= 4 is 28.5 Å². The molecule has 2 N–H and O–H groups in total. The van der Waals surface area contributed by atoms with Crippen LogP contribution in [0.25, 0.3) is 0 Å². The van der Waals surface area contributed by atoms with Crippen LogP contribution in [0.3, 0.4) is 0 Å². The maximum atomic E-state index is 11.5. The number of hydrogen-bond donors (Lipinski definition) is 2. The predicted molar refractivity (Wildman–Crippen MR) is 67.5 cm³/mol. The van der Waals surface area contributed by atoms with Crippen LogP contribution in [0.2, 0.25) is 0 Å². The first-order valence-corrected chi connectivity index (χ1v) is 6.08. The number of rotatable bonds is 3. The average molecular weight is 333 g/mol. The Labute approximate surface area is 107 Å². The van der Waals surface area contributed by atoms with Gasteiger partial charge >= 0.3 is 0 Å². The molecular weight excluding hydrogens is 321 g/mol. The molecule has 0 aromatic heterocycles. The molecule has 0 saturated heterocycles. The zero-order valence-corrected chi connectivity index (χ0v) is 10.9. The van der Waals surface area contributed by atoms with Crippen LogP contribution in [0.4, 0.5) is 0 Å². The minimum atomic E-state index is -0.237. The van der Waals surface area contributed by atoms with Gasteiger partial charge in [0, 0.05) is 10.1 Å². The molecule has 5 heteroatoms. The Morgan fingerprint density at radius 1 is 1.62 bits per heavy atom. The lowest BCUT2D eigenvalue weighted by Gasteiger charge is -2.13. The van der Waals surface area contributed by atoms with Crippen molar-refractivity contribution in [1.29, 1.82) is 0 Å². The first-order valence-electron chi connectivity index (χ1n) is 5.00. The zero-order valence-electron chi connectivity index (χ0n) is 8.79. The number of benzene rings is 1. The van der Waals surface area contributed by atoms with Gasteiger partial charge in [0.05, 0.1) is 12.2 Å². The molecule has 0 bridgehead atoms. The van der Waals surface area contributed by atoms with E-state index < -0.39 is 0 Å². The number of carbonyl (C=O) groups is 1. The van der Waals surface area contributed by atoms with Crippen LogP contribution >= 0.6 is 22.6 Å². The second-order valence-corrected chi connectivity index (χ2v) is 4.90. The first kappa shape index (κ1) is 11.7. The smallest absolute Gasteiger partial charge is 0.252 e. The van der Waals surface area contributed by atoms with E-state index >= 15 is 0 Å². The molecule has 4 nitrogen and oxygen atoms in total. The molecule has 86 valence electrons. The van der Waals surface area contributed by atoms with E-state index in [0.29, 0.717) is 12.3 Å². The average Bonchev–Trinajstić information content (AvgIpc) is 2.60. The van der Waals surface area contributed by atoms with Crippen molar-refractivity contribution in [2.24, 2.45) is 0 Å². The highest BCUT2D eigenvalue weighted by atomic mass is 127. The molecule has 0 fully saturated rings. The Kier molecular flexibility index (Phi) is 3.34. The normalized spacial score (nSPS) is 15.6.